The highest BCUT2D eigenvalue weighted by atomic mass is 14.9. The molecule has 94 valence electrons. The number of rotatable bonds is 2. The predicted octanol–water partition coefficient (Wildman–Crippen LogP) is 4.04. The number of nitrogens with one attached hydrogen (secondary N) is 1. The molecule has 0 amide bonds. The molecule has 17 heavy (non-hydrogen) atoms. The van der Waals surface area contributed by atoms with Crippen molar-refractivity contribution in [1.29, 1.82) is 0 Å². The van der Waals surface area contributed by atoms with E-state index in [0.717, 1.165) is 0 Å². The minimum Gasteiger partial charge on any atom is -0.313 e. The normalized spacial score (nSPS) is 22.6. The molecule has 0 saturated carbocycles. The molecule has 1 aromatic rings. The van der Waals surface area contributed by atoms with Gasteiger partial charge in [-0.15, -0.1) is 0 Å². The van der Waals surface area contributed by atoms with Gasteiger partial charge in [-0.2, -0.15) is 0 Å². The van der Waals surface area contributed by atoms with Crippen LogP contribution in [-0.2, 0) is 6.42 Å². The second-order valence-electron chi connectivity index (χ2n) is 6.50. The van der Waals surface area contributed by atoms with Gasteiger partial charge in [0.1, 0.15) is 0 Å². The van der Waals surface area contributed by atoms with Gasteiger partial charge in [0.05, 0.1) is 0 Å². The Bertz CT molecular complexity index is 404. The van der Waals surface area contributed by atoms with E-state index in [0.29, 0.717) is 17.4 Å². The Labute approximate surface area is 106 Å². The molecule has 1 heteroatoms. The van der Waals surface area contributed by atoms with Crippen molar-refractivity contribution in [3.63, 3.8) is 0 Å². The molecule has 2 rings (SSSR count). The molecule has 1 unspecified atom stereocenters. The molecule has 0 bridgehead atoms. The van der Waals surface area contributed by atoms with Crippen LogP contribution in [-0.4, -0.2) is 7.05 Å². The van der Waals surface area contributed by atoms with Crippen LogP contribution >= 0.6 is 0 Å². The zero-order valence-corrected chi connectivity index (χ0v) is 11.8. The molecule has 0 radical (unpaired) electrons. The molecular weight excluding hydrogens is 206 g/mol. The van der Waals surface area contributed by atoms with Gasteiger partial charge >= 0.3 is 0 Å². The van der Waals surface area contributed by atoms with Crippen LogP contribution in [0.1, 0.15) is 62.8 Å². The Morgan fingerprint density at radius 2 is 2.00 bits per heavy atom. The van der Waals surface area contributed by atoms with E-state index in [9.17, 15) is 0 Å². The largest absolute Gasteiger partial charge is 0.313 e. The second kappa shape index (κ2) is 4.45. The fourth-order valence-corrected chi connectivity index (χ4v) is 2.97. The number of fused-ring (bicyclic) bond motifs is 1. The van der Waals surface area contributed by atoms with Gasteiger partial charge in [0.2, 0.25) is 0 Å². The predicted molar refractivity (Wildman–Crippen MR) is 74.4 cm³/mol. The van der Waals surface area contributed by atoms with Crippen LogP contribution in [0.15, 0.2) is 18.2 Å². The number of benzene rings is 1. The summed E-state index contributed by atoms with van der Waals surface area (Å²) in [4.78, 5) is 0. The van der Waals surface area contributed by atoms with Crippen LogP contribution in [0.5, 0.6) is 0 Å². The van der Waals surface area contributed by atoms with Crippen molar-refractivity contribution >= 4 is 0 Å². The molecule has 1 atom stereocenters. The average molecular weight is 231 g/mol. The van der Waals surface area contributed by atoms with Crippen molar-refractivity contribution < 1.29 is 0 Å². The van der Waals surface area contributed by atoms with E-state index in [2.05, 4.69) is 58.3 Å². The lowest BCUT2D eigenvalue weighted by atomic mass is 9.71. The van der Waals surface area contributed by atoms with Gasteiger partial charge < -0.3 is 5.32 Å². The van der Waals surface area contributed by atoms with Gasteiger partial charge in [0, 0.05) is 6.04 Å². The maximum atomic E-state index is 3.48. The van der Waals surface area contributed by atoms with Crippen molar-refractivity contribution in [3.8, 4) is 0 Å². The molecule has 1 nitrogen and oxygen atoms in total. The fourth-order valence-electron chi connectivity index (χ4n) is 2.97. The molecule has 0 aromatic heterocycles. The van der Waals surface area contributed by atoms with Gasteiger partial charge in [0.15, 0.2) is 0 Å². The highest BCUT2D eigenvalue weighted by Crippen LogP contribution is 2.41. The number of hydrogen-bond donors (Lipinski definition) is 1. The van der Waals surface area contributed by atoms with Crippen LogP contribution in [0.25, 0.3) is 0 Å². The molecule has 0 spiro atoms. The summed E-state index contributed by atoms with van der Waals surface area (Å²) in [5.41, 5.74) is 4.94. The van der Waals surface area contributed by atoms with Crippen molar-refractivity contribution in [2.45, 2.75) is 52.5 Å². The van der Waals surface area contributed by atoms with E-state index in [1.54, 1.807) is 0 Å². The first-order chi connectivity index (χ1) is 7.93. The van der Waals surface area contributed by atoms with E-state index >= 15 is 0 Å². The molecule has 1 N–H and O–H groups in total. The summed E-state index contributed by atoms with van der Waals surface area (Å²) in [6, 6.07) is 7.58. The van der Waals surface area contributed by atoms with E-state index in [-0.39, 0.29) is 0 Å². The topological polar surface area (TPSA) is 12.0 Å². The third kappa shape index (κ3) is 2.55. The first-order valence-corrected chi connectivity index (χ1v) is 6.73. The fraction of sp³-hybridized carbons (Fsp3) is 0.625. The van der Waals surface area contributed by atoms with Crippen molar-refractivity contribution in [1.82, 2.24) is 5.32 Å². The molecule has 0 aliphatic heterocycles. The molecule has 1 aliphatic carbocycles. The second-order valence-corrected chi connectivity index (χ2v) is 6.50. The summed E-state index contributed by atoms with van der Waals surface area (Å²) in [6.45, 7) is 9.28. The minimum absolute atomic E-state index is 0.417. The van der Waals surface area contributed by atoms with Crippen molar-refractivity contribution in [2.75, 3.05) is 7.05 Å². The summed E-state index contributed by atoms with van der Waals surface area (Å²) < 4.78 is 0. The van der Waals surface area contributed by atoms with Gasteiger partial charge in [-0.3, -0.25) is 0 Å². The van der Waals surface area contributed by atoms with E-state index in [1.807, 2.05) is 0 Å². The standard InChI is InChI=1S/C16H25N/c1-11(2)12-6-7-13-9-16(3,4)10-15(17-5)14(13)8-12/h6-8,11,15,17H,9-10H2,1-5H3. The molecule has 1 aromatic carbocycles. The summed E-state index contributed by atoms with van der Waals surface area (Å²) in [7, 11) is 2.08. The third-order valence-electron chi connectivity index (χ3n) is 3.99. The van der Waals surface area contributed by atoms with Gasteiger partial charge in [-0.25, -0.2) is 0 Å². The lowest BCUT2D eigenvalue weighted by Gasteiger charge is -2.37. The van der Waals surface area contributed by atoms with Crippen LogP contribution in [0.2, 0.25) is 0 Å². The summed E-state index contributed by atoms with van der Waals surface area (Å²) >= 11 is 0. The lowest BCUT2D eigenvalue weighted by molar-refractivity contribution is 0.265. The molecule has 1 aliphatic rings. The SMILES string of the molecule is CNC1CC(C)(C)Cc2ccc(C(C)C)cc21. The Balaban J connectivity index is 2.43. The quantitative estimate of drug-likeness (QED) is 0.810. The van der Waals surface area contributed by atoms with E-state index < -0.39 is 0 Å². The zero-order chi connectivity index (χ0) is 12.6. The maximum Gasteiger partial charge on any atom is 0.0325 e. The average Bonchev–Trinajstić information content (AvgIpc) is 2.26. The molecule has 0 saturated heterocycles. The van der Waals surface area contributed by atoms with Gasteiger partial charge in [0.25, 0.3) is 0 Å². The molecule has 0 fully saturated rings. The van der Waals surface area contributed by atoms with Crippen LogP contribution in [0.4, 0.5) is 0 Å². The molecule has 0 heterocycles. The highest BCUT2D eigenvalue weighted by molar-refractivity contribution is 5.38. The maximum absolute atomic E-state index is 3.48. The first kappa shape index (κ1) is 12.6. The highest BCUT2D eigenvalue weighted by Gasteiger charge is 2.31. The first-order valence-electron chi connectivity index (χ1n) is 6.73. The van der Waals surface area contributed by atoms with Crippen LogP contribution < -0.4 is 5.32 Å². The third-order valence-corrected chi connectivity index (χ3v) is 3.99. The van der Waals surface area contributed by atoms with E-state index in [1.165, 1.54) is 29.5 Å². The van der Waals surface area contributed by atoms with Gasteiger partial charge in [-0.1, -0.05) is 45.9 Å². The minimum atomic E-state index is 0.417. The Hall–Kier alpha value is -0.820. The summed E-state index contributed by atoms with van der Waals surface area (Å²) in [6.07, 6.45) is 2.44. The number of hydrogen-bond acceptors (Lipinski definition) is 1. The Morgan fingerprint density at radius 3 is 2.59 bits per heavy atom. The summed E-state index contributed by atoms with van der Waals surface area (Å²) in [5.74, 6) is 0.618. The van der Waals surface area contributed by atoms with Crippen LogP contribution in [0, 0.1) is 5.41 Å². The smallest absolute Gasteiger partial charge is 0.0325 e. The summed E-state index contributed by atoms with van der Waals surface area (Å²) in [5, 5.41) is 3.48. The monoisotopic (exact) mass is 231 g/mol. The van der Waals surface area contributed by atoms with Crippen molar-refractivity contribution in [3.05, 3.63) is 34.9 Å². The van der Waals surface area contributed by atoms with Gasteiger partial charge in [-0.05, 0) is 47.9 Å². The van der Waals surface area contributed by atoms with Crippen molar-refractivity contribution in [2.24, 2.45) is 5.41 Å². The Kier molecular flexibility index (Phi) is 3.31. The molecular formula is C16H25N. The zero-order valence-electron chi connectivity index (χ0n) is 11.8. The van der Waals surface area contributed by atoms with Crippen LogP contribution in [0.3, 0.4) is 0 Å². The van der Waals surface area contributed by atoms with E-state index in [4.69, 9.17) is 0 Å². The Morgan fingerprint density at radius 1 is 1.29 bits per heavy atom. The lowest BCUT2D eigenvalue weighted by Crippen LogP contribution is -2.31.